The first-order valence-electron chi connectivity index (χ1n) is 6.59. The zero-order valence-corrected chi connectivity index (χ0v) is 10.6. The molecule has 2 nitrogen and oxygen atoms in total. The molecular weight excluding hydrogens is 208 g/mol. The fourth-order valence-corrected chi connectivity index (χ4v) is 3.25. The second-order valence-corrected chi connectivity index (χ2v) is 5.11. The van der Waals surface area contributed by atoms with Crippen LogP contribution in [0.1, 0.15) is 37.8 Å². The van der Waals surface area contributed by atoms with Gasteiger partial charge in [0.1, 0.15) is 0 Å². The molecule has 0 radical (unpaired) electrons. The molecular formula is C15H20N2. The molecule has 1 N–H and O–H groups in total. The first-order chi connectivity index (χ1) is 8.31. The van der Waals surface area contributed by atoms with Gasteiger partial charge in [-0.05, 0) is 37.9 Å². The van der Waals surface area contributed by atoms with E-state index in [2.05, 4.69) is 54.3 Å². The van der Waals surface area contributed by atoms with E-state index in [1.165, 1.54) is 35.7 Å². The van der Waals surface area contributed by atoms with Crippen LogP contribution in [-0.2, 0) is 0 Å². The number of aromatic nitrogens is 1. The summed E-state index contributed by atoms with van der Waals surface area (Å²) in [5, 5.41) is 1.39. The van der Waals surface area contributed by atoms with Crippen LogP contribution in [0, 0.1) is 0 Å². The number of H-pyrrole nitrogens is 1. The van der Waals surface area contributed by atoms with Crippen molar-refractivity contribution in [2.24, 2.45) is 0 Å². The van der Waals surface area contributed by atoms with Crippen molar-refractivity contribution in [1.29, 1.82) is 0 Å². The Hall–Kier alpha value is -1.28. The van der Waals surface area contributed by atoms with Crippen LogP contribution in [0.2, 0.25) is 0 Å². The summed E-state index contributed by atoms with van der Waals surface area (Å²) in [5.74, 6) is 0. The van der Waals surface area contributed by atoms with E-state index in [0.29, 0.717) is 6.04 Å². The van der Waals surface area contributed by atoms with Gasteiger partial charge >= 0.3 is 0 Å². The number of nitrogens with one attached hydrogen (secondary N) is 1. The van der Waals surface area contributed by atoms with E-state index < -0.39 is 0 Å². The maximum atomic E-state index is 3.39. The third-order valence-electron chi connectivity index (χ3n) is 4.29. The molecule has 0 saturated carbocycles. The van der Waals surface area contributed by atoms with Gasteiger partial charge in [0, 0.05) is 29.2 Å². The van der Waals surface area contributed by atoms with Crippen molar-refractivity contribution in [2.75, 3.05) is 7.05 Å². The van der Waals surface area contributed by atoms with Crippen molar-refractivity contribution in [1.82, 2.24) is 9.88 Å². The van der Waals surface area contributed by atoms with E-state index in [0.717, 1.165) is 6.04 Å². The molecule has 2 heteroatoms. The molecule has 0 spiro atoms. The van der Waals surface area contributed by atoms with Crippen LogP contribution in [0.25, 0.3) is 10.9 Å². The van der Waals surface area contributed by atoms with Gasteiger partial charge in [0.25, 0.3) is 0 Å². The Labute approximate surface area is 103 Å². The van der Waals surface area contributed by atoms with Crippen molar-refractivity contribution in [3.05, 3.63) is 36.0 Å². The summed E-state index contributed by atoms with van der Waals surface area (Å²) in [5.41, 5.74) is 2.73. The number of para-hydroxylation sites is 1. The third kappa shape index (κ3) is 1.67. The number of benzene rings is 1. The van der Waals surface area contributed by atoms with Crippen LogP contribution in [-0.4, -0.2) is 23.0 Å². The molecule has 0 bridgehead atoms. The predicted molar refractivity (Wildman–Crippen MR) is 72.1 cm³/mol. The zero-order valence-electron chi connectivity index (χ0n) is 10.6. The second-order valence-electron chi connectivity index (χ2n) is 5.11. The maximum absolute atomic E-state index is 3.39. The number of rotatable bonds is 2. The van der Waals surface area contributed by atoms with E-state index in [-0.39, 0.29) is 0 Å². The smallest absolute Gasteiger partial charge is 0.0457 e. The monoisotopic (exact) mass is 228 g/mol. The molecule has 2 aromatic rings. The fourth-order valence-electron chi connectivity index (χ4n) is 3.25. The van der Waals surface area contributed by atoms with Gasteiger partial charge in [0.2, 0.25) is 0 Å². The molecule has 17 heavy (non-hydrogen) atoms. The van der Waals surface area contributed by atoms with E-state index in [1.807, 2.05) is 0 Å². The van der Waals surface area contributed by atoms with Crippen molar-refractivity contribution < 1.29 is 0 Å². The van der Waals surface area contributed by atoms with Crippen LogP contribution >= 0.6 is 0 Å². The molecule has 0 amide bonds. The van der Waals surface area contributed by atoms with Gasteiger partial charge in [0.05, 0.1) is 0 Å². The quantitative estimate of drug-likeness (QED) is 0.830. The minimum absolute atomic E-state index is 0.594. The highest BCUT2D eigenvalue weighted by Gasteiger charge is 2.31. The fraction of sp³-hybridized carbons (Fsp3) is 0.467. The van der Waals surface area contributed by atoms with Crippen LogP contribution in [0.5, 0.6) is 0 Å². The van der Waals surface area contributed by atoms with Gasteiger partial charge in [-0.1, -0.05) is 25.1 Å². The summed E-state index contributed by atoms with van der Waals surface area (Å²) in [4.78, 5) is 5.94. The Kier molecular flexibility index (Phi) is 2.67. The van der Waals surface area contributed by atoms with Crippen LogP contribution < -0.4 is 0 Å². The normalized spacial score (nSPS) is 25.8. The lowest BCUT2D eigenvalue weighted by Crippen LogP contribution is -2.26. The van der Waals surface area contributed by atoms with Crippen LogP contribution in [0.3, 0.4) is 0 Å². The van der Waals surface area contributed by atoms with Gasteiger partial charge in [-0.15, -0.1) is 0 Å². The number of likely N-dealkylation sites (tertiary alicyclic amines) is 1. The highest BCUT2D eigenvalue weighted by atomic mass is 15.2. The summed E-state index contributed by atoms with van der Waals surface area (Å²) in [6, 6.07) is 9.96. The minimum Gasteiger partial charge on any atom is -0.361 e. The Bertz CT molecular complexity index is 514. The number of hydrogen-bond acceptors (Lipinski definition) is 1. The van der Waals surface area contributed by atoms with Gasteiger partial charge in [0.15, 0.2) is 0 Å². The molecule has 1 saturated heterocycles. The summed E-state index contributed by atoms with van der Waals surface area (Å²) in [7, 11) is 2.27. The van der Waals surface area contributed by atoms with Crippen molar-refractivity contribution in [3.63, 3.8) is 0 Å². The molecule has 2 heterocycles. The average Bonchev–Trinajstić information content (AvgIpc) is 2.92. The number of nitrogens with zero attached hydrogens (tertiary/aromatic N) is 1. The Morgan fingerprint density at radius 2 is 2.12 bits per heavy atom. The molecule has 1 aromatic carbocycles. The van der Waals surface area contributed by atoms with Gasteiger partial charge in [-0.2, -0.15) is 0 Å². The Balaban J connectivity index is 1.99. The van der Waals surface area contributed by atoms with Crippen LogP contribution in [0.15, 0.2) is 30.5 Å². The number of aromatic amines is 1. The molecule has 0 aliphatic carbocycles. The lowest BCUT2D eigenvalue weighted by atomic mass is 10.0. The molecule has 0 unspecified atom stereocenters. The molecule has 90 valence electrons. The van der Waals surface area contributed by atoms with Crippen molar-refractivity contribution >= 4 is 10.9 Å². The first kappa shape index (κ1) is 10.8. The number of hydrogen-bond donors (Lipinski definition) is 1. The molecule has 1 fully saturated rings. The highest BCUT2D eigenvalue weighted by molar-refractivity contribution is 5.83. The topological polar surface area (TPSA) is 19.0 Å². The summed E-state index contributed by atoms with van der Waals surface area (Å²) >= 11 is 0. The van der Waals surface area contributed by atoms with Crippen molar-refractivity contribution in [3.8, 4) is 0 Å². The Morgan fingerprint density at radius 1 is 1.29 bits per heavy atom. The zero-order chi connectivity index (χ0) is 11.8. The summed E-state index contributed by atoms with van der Waals surface area (Å²) in [6.45, 7) is 2.29. The van der Waals surface area contributed by atoms with E-state index in [1.54, 1.807) is 0 Å². The first-order valence-corrected chi connectivity index (χ1v) is 6.59. The van der Waals surface area contributed by atoms with Gasteiger partial charge < -0.3 is 4.98 Å². The molecule has 1 aliphatic heterocycles. The van der Waals surface area contributed by atoms with E-state index in [9.17, 15) is 0 Å². The van der Waals surface area contributed by atoms with E-state index >= 15 is 0 Å². The molecule has 3 rings (SSSR count). The SMILES string of the molecule is CC[C@@H]1CC[C@H](c2c[nH]c3ccccc23)N1C. The van der Waals surface area contributed by atoms with Crippen molar-refractivity contribution in [2.45, 2.75) is 38.3 Å². The number of fused-ring (bicyclic) bond motifs is 1. The minimum atomic E-state index is 0.594. The Morgan fingerprint density at radius 3 is 2.88 bits per heavy atom. The average molecular weight is 228 g/mol. The standard InChI is InChI=1S/C15H20N2/c1-3-11-8-9-15(17(11)2)13-10-16-14-7-5-4-6-12(13)14/h4-7,10-11,15-16H,3,8-9H2,1-2H3/t11-,15-/m1/s1. The largest absolute Gasteiger partial charge is 0.361 e. The third-order valence-corrected chi connectivity index (χ3v) is 4.29. The van der Waals surface area contributed by atoms with Crippen LogP contribution in [0.4, 0.5) is 0 Å². The highest BCUT2D eigenvalue weighted by Crippen LogP contribution is 2.38. The lowest BCUT2D eigenvalue weighted by molar-refractivity contribution is 0.239. The molecule has 1 aromatic heterocycles. The lowest BCUT2D eigenvalue weighted by Gasteiger charge is -2.24. The second kappa shape index (κ2) is 4.19. The maximum Gasteiger partial charge on any atom is 0.0457 e. The van der Waals surface area contributed by atoms with E-state index in [4.69, 9.17) is 0 Å². The molecule has 1 aliphatic rings. The predicted octanol–water partition coefficient (Wildman–Crippen LogP) is 3.71. The van der Waals surface area contributed by atoms with Gasteiger partial charge in [-0.3, -0.25) is 4.90 Å². The van der Waals surface area contributed by atoms with Gasteiger partial charge in [-0.25, -0.2) is 0 Å². The summed E-state index contributed by atoms with van der Waals surface area (Å²) in [6.07, 6.45) is 6.08. The molecule has 2 atom stereocenters. The summed E-state index contributed by atoms with van der Waals surface area (Å²) < 4.78 is 0.